The fourth-order valence-electron chi connectivity index (χ4n) is 3.30. The van der Waals surface area contributed by atoms with E-state index >= 15 is 0 Å². The number of thiophene rings is 1. The number of rotatable bonds is 8. The Morgan fingerprint density at radius 1 is 1.14 bits per heavy atom. The molecular formula is C22H14Cl2N6O5S. The third-order valence-electron chi connectivity index (χ3n) is 4.95. The second-order valence-corrected chi connectivity index (χ2v) is 9.54. The number of hydrogen-bond donors (Lipinski definition) is 1. The number of anilines is 1. The van der Waals surface area contributed by atoms with Crippen molar-refractivity contribution in [1.29, 1.82) is 0 Å². The van der Waals surface area contributed by atoms with Gasteiger partial charge in [-0.25, -0.2) is 4.98 Å². The molecular weight excluding hydrogens is 531 g/mol. The van der Waals surface area contributed by atoms with Crippen LogP contribution in [0.4, 0.5) is 5.82 Å². The second-order valence-electron chi connectivity index (χ2n) is 7.34. The van der Waals surface area contributed by atoms with Crippen molar-refractivity contribution in [3.63, 3.8) is 0 Å². The number of carbonyl (C=O) groups excluding carboxylic acids is 2. The molecule has 5 heterocycles. The molecule has 5 aromatic rings. The number of halogens is 2. The van der Waals surface area contributed by atoms with Crippen LogP contribution < -0.4 is 10.9 Å². The van der Waals surface area contributed by atoms with E-state index in [-0.39, 0.29) is 23.2 Å². The average molecular weight is 545 g/mol. The van der Waals surface area contributed by atoms with Crippen LogP contribution in [0.2, 0.25) is 9.36 Å². The maximum Gasteiger partial charge on any atom is 0.318 e. The van der Waals surface area contributed by atoms with Crippen molar-refractivity contribution in [2.75, 3.05) is 5.32 Å². The summed E-state index contributed by atoms with van der Waals surface area (Å²) in [6, 6.07) is 8.07. The Morgan fingerprint density at radius 2 is 2.00 bits per heavy atom. The summed E-state index contributed by atoms with van der Waals surface area (Å²) in [5.74, 6) is -0.889. The molecule has 0 atom stereocenters. The standard InChI is InChI=1S/C22H14Cl2N6O5S/c23-14-7-12(10-29(21(14)32)11-16(31)20-25-5-6-34-20)15-8-19(26-9-13-1-2-18(24)36-13)30(28-15)22(33)17-3-4-27-35-17/h1-8,10,26H,9,11H2. The zero-order chi connectivity index (χ0) is 25.2. The Morgan fingerprint density at radius 3 is 2.69 bits per heavy atom. The Bertz CT molecular complexity index is 1600. The Hall–Kier alpha value is -4.00. The van der Waals surface area contributed by atoms with Crippen molar-refractivity contribution < 1.29 is 18.5 Å². The molecule has 0 aliphatic rings. The van der Waals surface area contributed by atoms with Crippen LogP contribution in [0.25, 0.3) is 11.3 Å². The first kappa shape index (κ1) is 23.7. The van der Waals surface area contributed by atoms with Gasteiger partial charge < -0.3 is 18.8 Å². The minimum atomic E-state index is -0.578. The molecule has 0 bridgehead atoms. The molecule has 0 aliphatic heterocycles. The van der Waals surface area contributed by atoms with Gasteiger partial charge in [0.05, 0.1) is 35.5 Å². The van der Waals surface area contributed by atoms with Gasteiger partial charge in [0.1, 0.15) is 17.1 Å². The minimum Gasteiger partial charge on any atom is -0.442 e. The van der Waals surface area contributed by atoms with Gasteiger partial charge in [-0.1, -0.05) is 28.4 Å². The quantitative estimate of drug-likeness (QED) is 0.284. The summed E-state index contributed by atoms with van der Waals surface area (Å²) < 4.78 is 12.9. The van der Waals surface area contributed by atoms with E-state index in [1.54, 1.807) is 12.1 Å². The predicted octanol–water partition coefficient (Wildman–Crippen LogP) is 4.24. The van der Waals surface area contributed by atoms with Gasteiger partial charge in [-0.15, -0.1) is 11.3 Å². The van der Waals surface area contributed by atoms with Crippen LogP contribution in [-0.4, -0.2) is 36.2 Å². The molecule has 5 rings (SSSR count). The molecule has 0 fully saturated rings. The molecule has 11 nitrogen and oxygen atoms in total. The first-order valence-electron chi connectivity index (χ1n) is 10.3. The number of hydrogen-bond acceptors (Lipinski definition) is 10. The predicted molar refractivity (Wildman–Crippen MR) is 131 cm³/mol. The zero-order valence-corrected chi connectivity index (χ0v) is 20.4. The minimum absolute atomic E-state index is 0.0218. The number of Topliss-reactive ketones (excluding diaryl/α,β-unsaturated/α-hetero) is 1. The summed E-state index contributed by atoms with van der Waals surface area (Å²) in [6.45, 7) is 0.0198. The summed E-state index contributed by atoms with van der Waals surface area (Å²) in [6.07, 6.45) is 5.36. The topological polar surface area (TPSA) is 138 Å². The molecule has 182 valence electrons. The smallest absolute Gasteiger partial charge is 0.318 e. The van der Waals surface area contributed by atoms with E-state index in [9.17, 15) is 14.4 Å². The fourth-order valence-corrected chi connectivity index (χ4v) is 4.55. The number of ketones is 1. The summed E-state index contributed by atoms with van der Waals surface area (Å²) in [7, 11) is 0. The summed E-state index contributed by atoms with van der Waals surface area (Å²) >= 11 is 13.6. The van der Waals surface area contributed by atoms with Crippen molar-refractivity contribution in [1.82, 2.24) is 24.5 Å². The summed E-state index contributed by atoms with van der Waals surface area (Å²) in [5, 5.41) is 11.0. The zero-order valence-electron chi connectivity index (χ0n) is 18.1. The van der Waals surface area contributed by atoms with Gasteiger partial charge in [-0.2, -0.15) is 9.78 Å². The van der Waals surface area contributed by atoms with Crippen molar-refractivity contribution in [2.24, 2.45) is 0 Å². The third-order valence-corrected chi connectivity index (χ3v) is 6.45. The van der Waals surface area contributed by atoms with Gasteiger partial charge in [0.15, 0.2) is 0 Å². The van der Waals surface area contributed by atoms with Gasteiger partial charge in [0.25, 0.3) is 11.4 Å². The number of nitrogens with one attached hydrogen (secondary N) is 1. The van der Waals surface area contributed by atoms with E-state index in [0.717, 1.165) is 14.1 Å². The highest BCUT2D eigenvalue weighted by Gasteiger charge is 2.21. The first-order valence-corrected chi connectivity index (χ1v) is 11.8. The van der Waals surface area contributed by atoms with Gasteiger partial charge in [0.2, 0.25) is 11.5 Å². The molecule has 0 unspecified atom stereocenters. The van der Waals surface area contributed by atoms with Crippen molar-refractivity contribution in [3.8, 4) is 11.3 Å². The summed E-state index contributed by atoms with van der Waals surface area (Å²) in [4.78, 5) is 42.7. The van der Waals surface area contributed by atoms with Crippen LogP contribution in [0.15, 0.2) is 68.9 Å². The van der Waals surface area contributed by atoms with E-state index in [2.05, 4.69) is 20.6 Å². The normalized spacial score (nSPS) is 11.1. The lowest BCUT2D eigenvalue weighted by Gasteiger charge is -2.07. The monoisotopic (exact) mass is 544 g/mol. The third kappa shape index (κ3) is 4.87. The maximum absolute atomic E-state index is 13.0. The fraction of sp³-hybridized carbons (Fsp3) is 0.0909. The molecule has 0 saturated carbocycles. The molecule has 0 radical (unpaired) electrons. The largest absolute Gasteiger partial charge is 0.442 e. The summed E-state index contributed by atoms with van der Waals surface area (Å²) in [5.41, 5.74) is 0.130. The molecule has 0 saturated heterocycles. The van der Waals surface area contributed by atoms with Gasteiger partial charge in [0, 0.05) is 28.8 Å². The van der Waals surface area contributed by atoms with Crippen LogP contribution in [-0.2, 0) is 13.1 Å². The number of aromatic nitrogens is 5. The molecule has 36 heavy (non-hydrogen) atoms. The van der Waals surface area contributed by atoms with E-state index in [1.165, 1.54) is 48.3 Å². The first-order chi connectivity index (χ1) is 17.4. The molecule has 0 aromatic carbocycles. The van der Waals surface area contributed by atoms with Crippen molar-refractivity contribution in [2.45, 2.75) is 13.1 Å². The van der Waals surface area contributed by atoms with E-state index in [0.29, 0.717) is 28.0 Å². The highest BCUT2D eigenvalue weighted by Crippen LogP contribution is 2.26. The SMILES string of the molecule is O=C(Cn1cc(-c2cc(NCc3ccc(Cl)s3)n(C(=O)c3ccno3)n2)cc(Cl)c1=O)c1ncco1. The van der Waals surface area contributed by atoms with Gasteiger partial charge in [-0.05, 0) is 18.2 Å². The van der Waals surface area contributed by atoms with Crippen molar-refractivity contribution >= 4 is 52.0 Å². The molecule has 0 aliphatic carbocycles. The Labute approximate surface area is 215 Å². The van der Waals surface area contributed by atoms with Crippen LogP contribution in [0.3, 0.4) is 0 Å². The van der Waals surface area contributed by atoms with E-state index in [4.69, 9.17) is 32.1 Å². The molecule has 0 amide bonds. The lowest BCUT2D eigenvalue weighted by molar-refractivity contribution is 0.0909. The molecule has 5 aromatic heterocycles. The molecule has 1 N–H and O–H groups in total. The van der Waals surface area contributed by atoms with Crippen LogP contribution in [0.5, 0.6) is 0 Å². The van der Waals surface area contributed by atoms with Gasteiger partial charge >= 0.3 is 5.91 Å². The van der Waals surface area contributed by atoms with Crippen LogP contribution in [0.1, 0.15) is 26.1 Å². The lowest BCUT2D eigenvalue weighted by atomic mass is 10.2. The molecule has 14 heteroatoms. The Balaban J connectivity index is 1.51. The number of nitrogens with zero attached hydrogens (tertiary/aromatic N) is 5. The average Bonchev–Trinajstić information content (AvgIpc) is 3.67. The van der Waals surface area contributed by atoms with Crippen LogP contribution >= 0.6 is 34.5 Å². The van der Waals surface area contributed by atoms with Crippen molar-refractivity contribution in [3.05, 3.63) is 91.4 Å². The number of carbonyl (C=O) groups is 2. The van der Waals surface area contributed by atoms with E-state index in [1.807, 2.05) is 6.07 Å². The van der Waals surface area contributed by atoms with Gasteiger partial charge in [-0.3, -0.25) is 14.4 Å². The highest BCUT2D eigenvalue weighted by atomic mass is 35.5. The number of pyridine rings is 1. The van der Waals surface area contributed by atoms with E-state index < -0.39 is 17.2 Å². The lowest BCUT2D eigenvalue weighted by Crippen LogP contribution is -2.24. The molecule has 0 spiro atoms. The maximum atomic E-state index is 13.0. The number of oxazole rings is 1. The van der Waals surface area contributed by atoms with Crippen LogP contribution in [0, 0.1) is 0 Å². The second kappa shape index (κ2) is 9.93. The Kier molecular flexibility index (Phi) is 6.55. The highest BCUT2D eigenvalue weighted by molar-refractivity contribution is 7.16.